The molecule has 1 aromatic heterocycles. The molecule has 0 radical (unpaired) electrons. The van der Waals surface area contributed by atoms with Gasteiger partial charge in [-0.2, -0.15) is 0 Å². The van der Waals surface area contributed by atoms with Gasteiger partial charge in [-0.05, 0) is 42.8 Å². The van der Waals surface area contributed by atoms with E-state index in [9.17, 15) is 4.79 Å². The molecule has 102 valence electrons. The highest BCUT2D eigenvalue weighted by molar-refractivity contribution is 6.01. The summed E-state index contributed by atoms with van der Waals surface area (Å²) in [5.41, 5.74) is 0.935. The molecule has 4 heteroatoms. The van der Waals surface area contributed by atoms with Crippen LogP contribution in [0.4, 0.5) is 5.82 Å². The summed E-state index contributed by atoms with van der Waals surface area (Å²) in [6.07, 6.45) is 4.85. The molecule has 2 rings (SSSR count). The van der Waals surface area contributed by atoms with Crippen molar-refractivity contribution in [2.75, 3.05) is 11.9 Å². The molecule has 20 heavy (non-hydrogen) atoms. The SMILES string of the molecule is CCOc1ccc(C=CC(=O)Nc2ccccn2)cc1. The van der Waals surface area contributed by atoms with Gasteiger partial charge < -0.3 is 10.1 Å². The van der Waals surface area contributed by atoms with Crippen LogP contribution >= 0.6 is 0 Å². The van der Waals surface area contributed by atoms with Crippen molar-refractivity contribution < 1.29 is 9.53 Å². The number of ether oxygens (including phenoxy) is 1. The molecule has 0 unspecified atom stereocenters. The fourth-order valence-corrected chi connectivity index (χ4v) is 1.62. The van der Waals surface area contributed by atoms with Crippen molar-refractivity contribution in [2.45, 2.75) is 6.92 Å². The lowest BCUT2D eigenvalue weighted by molar-refractivity contribution is -0.111. The number of amides is 1. The minimum absolute atomic E-state index is 0.211. The molecule has 0 atom stereocenters. The lowest BCUT2D eigenvalue weighted by atomic mass is 10.2. The van der Waals surface area contributed by atoms with Crippen molar-refractivity contribution in [1.29, 1.82) is 0 Å². The van der Waals surface area contributed by atoms with Crippen LogP contribution in [-0.4, -0.2) is 17.5 Å². The lowest BCUT2D eigenvalue weighted by Gasteiger charge is -2.02. The summed E-state index contributed by atoms with van der Waals surface area (Å²) in [5.74, 6) is 1.15. The first-order valence-corrected chi connectivity index (χ1v) is 6.41. The van der Waals surface area contributed by atoms with Crippen molar-refractivity contribution in [2.24, 2.45) is 0 Å². The van der Waals surface area contributed by atoms with Gasteiger partial charge in [0.15, 0.2) is 0 Å². The first kappa shape index (κ1) is 13.8. The Morgan fingerprint density at radius 1 is 1.25 bits per heavy atom. The van der Waals surface area contributed by atoms with E-state index in [1.54, 1.807) is 24.4 Å². The molecular formula is C16H16N2O2. The summed E-state index contributed by atoms with van der Waals surface area (Å²) in [5, 5.41) is 2.68. The fourth-order valence-electron chi connectivity index (χ4n) is 1.62. The van der Waals surface area contributed by atoms with Gasteiger partial charge in [0.1, 0.15) is 11.6 Å². The third kappa shape index (κ3) is 4.24. The Balaban J connectivity index is 1.93. The molecule has 0 saturated heterocycles. The zero-order valence-electron chi connectivity index (χ0n) is 11.2. The number of pyridine rings is 1. The van der Waals surface area contributed by atoms with E-state index in [1.807, 2.05) is 37.3 Å². The van der Waals surface area contributed by atoms with Gasteiger partial charge >= 0.3 is 0 Å². The minimum Gasteiger partial charge on any atom is -0.494 e. The van der Waals surface area contributed by atoms with Crippen LogP contribution in [0.15, 0.2) is 54.7 Å². The van der Waals surface area contributed by atoms with Crippen LogP contribution in [-0.2, 0) is 4.79 Å². The van der Waals surface area contributed by atoms with Crippen molar-refractivity contribution in [3.8, 4) is 5.75 Å². The van der Waals surface area contributed by atoms with E-state index in [0.29, 0.717) is 12.4 Å². The molecule has 0 aliphatic heterocycles. The highest BCUT2D eigenvalue weighted by atomic mass is 16.5. The van der Waals surface area contributed by atoms with Crippen LogP contribution in [0.25, 0.3) is 6.08 Å². The van der Waals surface area contributed by atoms with E-state index in [1.165, 1.54) is 6.08 Å². The molecule has 0 saturated carbocycles. The average molecular weight is 268 g/mol. The molecule has 1 amide bonds. The third-order valence-electron chi connectivity index (χ3n) is 2.53. The molecule has 0 fully saturated rings. The molecule has 1 N–H and O–H groups in total. The molecule has 0 aliphatic rings. The maximum absolute atomic E-state index is 11.7. The van der Waals surface area contributed by atoms with Gasteiger partial charge in [0.2, 0.25) is 5.91 Å². The number of rotatable bonds is 5. The van der Waals surface area contributed by atoms with Crippen molar-refractivity contribution >= 4 is 17.8 Å². The normalized spacial score (nSPS) is 10.4. The van der Waals surface area contributed by atoms with Crippen LogP contribution in [0, 0.1) is 0 Å². The van der Waals surface area contributed by atoms with E-state index in [0.717, 1.165) is 11.3 Å². The molecular weight excluding hydrogens is 252 g/mol. The first-order chi connectivity index (χ1) is 9.78. The largest absolute Gasteiger partial charge is 0.494 e. The molecule has 1 aromatic carbocycles. The van der Waals surface area contributed by atoms with E-state index < -0.39 is 0 Å². The van der Waals surface area contributed by atoms with E-state index in [2.05, 4.69) is 10.3 Å². The summed E-state index contributed by atoms with van der Waals surface area (Å²) in [4.78, 5) is 15.7. The molecule has 0 bridgehead atoms. The number of carbonyl (C=O) groups is 1. The Hall–Kier alpha value is -2.62. The second kappa shape index (κ2) is 7.09. The number of hydrogen-bond donors (Lipinski definition) is 1. The predicted octanol–water partition coefficient (Wildman–Crippen LogP) is 3.13. The first-order valence-electron chi connectivity index (χ1n) is 6.41. The Bertz CT molecular complexity index is 577. The monoisotopic (exact) mass is 268 g/mol. The van der Waals surface area contributed by atoms with Gasteiger partial charge in [0.25, 0.3) is 0 Å². The maximum Gasteiger partial charge on any atom is 0.249 e. The van der Waals surface area contributed by atoms with Gasteiger partial charge in [0.05, 0.1) is 6.61 Å². The zero-order valence-corrected chi connectivity index (χ0v) is 11.2. The quantitative estimate of drug-likeness (QED) is 0.848. The Morgan fingerprint density at radius 2 is 2.05 bits per heavy atom. The second-order valence-corrected chi connectivity index (χ2v) is 4.04. The van der Waals surface area contributed by atoms with Gasteiger partial charge in [-0.1, -0.05) is 18.2 Å². The molecule has 0 spiro atoms. The Kier molecular flexibility index (Phi) is 4.89. The van der Waals surface area contributed by atoms with Gasteiger partial charge in [-0.3, -0.25) is 4.79 Å². The number of anilines is 1. The number of hydrogen-bond acceptors (Lipinski definition) is 3. The average Bonchev–Trinajstić information content (AvgIpc) is 2.48. The van der Waals surface area contributed by atoms with E-state index in [4.69, 9.17) is 4.74 Å². The van der Waals surface area contributed by atoms with Gasteiger partial charge in [-0.25, -0.2) is 4.98 Å². The van der Waals surface area contributed by atoms with Crippen molar-refractivity contribution in [1.82, 2.24) is 4.98 Å². The summed E-state index contributed by atoms with van der Waals surface area (Å²) in [6, 6.07) is 12.9. The van der Waals surface area contributed by atoms with Crippen LogP contribution in [0.1, 0.15) is 12.5 Å². The number of carbonyl (C=O) groups excluding carboxylic acids is 1. The highest BCUT2D eigenvalue weighted by Crippen LogP contribution is 2.13. The number of benzene rings is 1. The second-order valence-electron chi connectivity index (χ2n) is 4.04. The van der Waals surface area contributed by atoms with Crippen LogP contribution in [0.2, 0.25) is 0 Å². The predicted molar refractivity (Wildman–Crippen MR) is 79.5 cm³/mol. The standard InChI is InChI=1S/C16H16N2O2/c1-2-20-14-9-6-13(7-10-14)8-11-16(19)18-15-5-3-4-12-17-15/h3-12H,2H2,1H3,(H,17,18,19). The fraction of sp³-hybridized carbons (Fsp3) is 0.125. The highest BCUT2D eigenvalue weighted by Gasteiger charge is 1.97. The summed E-state index contributed by atoms with van der Waals surface area (Å²) in [6.45, 7) is 2.58. The molecule has 2 aromatic rings. The Labute approximate surface area is 118 Å². The zero-order chi connectivity index (χ0) is 14.2. The maximum atomic E-state index is 11.7. The smallest absolute Gasteiger partial charge is 0.249 e. The van der Waals surface area contributed by atoms with Crippen molar-refractivity contribution in [3.63, 3.8) is 0 Å². The number of aromatic nitrogens is 1. The molecule has 0 aliphatic carbocycles. The lowest BCUT2D eigenvalue weighted by Crippen LogP contribution is -2.08. The molecule has 1 heterocycles. The summed E-state index contributed by atoms with van der Waals surface area (Å²) in [7, 11) is 0. The van der Waals surface area contributed by atoms with Crippen LogP contribution in [0.3, 0.4) is 0 Å². The number of nitrogens with zero attached hydrogens (tertiary/aromatic N) is 1. The molecule has 4 nitrogen and oxygen atoms in total. The van der Waals surface area contributed by atoms with Gasteiger partial charge in [-0.15, -0.1) is 0 Å². The summed E-state index contributed by atoms with van der Waals surface area (Å²) < 4.78 is 5.35. The van der Waals surface area contributed by atoms with Crippen LogP contribution in [0.5, 0.6) is 5.75 Å². The van der Waals surface area contributed by atoms with E-state index in [-0.39, 0.29) is 5.91 Å². The minimum atomic E-state index is -0.211. The van der Waals surface area contributed by atoms with E-state index >= 15 is 0 Å². The Morgan fingerprint density at radius 3 is 2.70 bits per heavy atom. The van der Waals surface area contributed by atoms with Gasteiger partial charge in [0, 0.05) is 12.3 Å². The third-order valence-corrected chi connectivity index (χ3v) is 2.53. The van der Waals surface area contributed by atoms with Crippen LogP contribution < -0.4 is 10.1 Å². The topological polar surface area (TPSA) is 51.2 Å². The van der Waals surface area contributed by atoms with Crippen molar-refractivity contribution in [3.05, 3.63) is 60.3 Å². The summed E-state index contributed by atoms with van der Waals surface area (Å²) >= 11 is 0. The number of nitrogens with one attached hydrogen (secondary N) is 1.